The third kappa shape index (κ3) is 9.16. The van der Waals surface area contributed by atoms with E-state index in [0.29, 0.717) is 42.4 Å². The smallest absolute Gasteiger partial charge is 0.286 e. The number of benzene rings is 2. The zero-order valence-electron chi connectivity index (χ0n) is 31.1. The fourth-order valence-electron chi connectivity index (χ4n) is 7.48. The summed E-state index contributed by atoms with van der Waals surface area (Å²) in [6, 6.07) is 11.1. The molecule has 1 fully saturated rings. The van der Waals surface area contributed by atoms with Crippen LogP contribution in [0.1, 0.15) is 64.4 Å². The fourth-order valence-corrected chi connectivity index (χ4v) is 9.55. The van der Waals surface area contributed by atoms with Crippen molar-refractivity contribution < 1.29 is 37.5 Å². The molecule has 2 aliphatic heterocycles. The molecule has 2 bridgehead atoms. The number of methoxy groups -OCH3 is 2. The molecular weight excluding hydrogens is 734 g/mol. The third-order valence-electron chi connectivity index (χ3n) is 10.4. The Kier molecular flexibility index (Phi) is 12.8. The molecule has 2 amide bonds. The second-order valence-corrected chi connectivity index (χ2v) is 16.6. The Hall–Kier alpha value is -4.24. The average molecular weight is 782 g/mol. The number of rotatable bonds is 7. The molecule has 1 saturated carbocycles. The number of nitrogens with zero attached hydrogens (tertiary/aromatic N) is 4. The lowest BCUT2D eigenvalue weighted by molar-refractivity contribution is -0.113. The Morgan fingerprint density at radius 3 is 2.67 bits per heavy atom. The van der Waals surface area contributed by atoms with E-state index in [-0.39, 0.29) is 47.3 Å². The van der Waals surface area contributed by atoms with Crippen LogP contribution in [0.4, 0.5) is 5.69 Å². The molecule has 1 N–H and O–H groups in total. The van der Waals surface area contributed by atoms with Gasteiger partial charge in [-0.25, -0.2) is 4.21 Å². The van der Waals surface area contributed by atoms with Gasteiger partial charge in [0.05, 0.1) is 37.4 Å². The first-order valence-electron chi connectivity index (χ1n) is 18.2. The molecule has 0 saturated heterocycles. The van der Waals surface area contributed by atoms with Crippen molar-refractivity contribution in [2.24, 2.45) is 29.2 Å². The Labute approximate surface area is 321 Å². The Bertz CT molecular complexity index is 2010. The van der Waals surface area contributed by atoms with E-state index in [2.05, 4.69) is 25.1 Å². The lowest BCUT2D eigenvalue weighted by Crippen LogP contribution is -2.43. The zero-order chi connectivity index (χ0) is 38.4. The Balaban J connectivity index is 1.49. The van der Waals surface area contributed by atoms with Gasteiger partial charge in [0, 0.05) is 49.9 Å². The first kappa shape index (κ1) is 39.5. The topological polar surface area (TPSA) is 151 Å². The summed E-state index contributed by atoms with van der Waals surface area (Å²) < 4.78 is 46.6. The van der Waals surface area contributed by atoms with Crippen LogP contribution in [-0.2, 0) is 44.2 Å². The molecule has 6 atom stereocenters. The van der Waals surface area contributed by atoms with Crippen LogP contribution in [0.15, 0.2) is 59.1 Å². The van der Waals surface area contributed by atoms with E-state index in [1.807, 2.05) is 24.3 Å². The fraction of sp³-hybridized carbons (Fsp3) is 0.487. The largest absolute Gasteiger partial charge is 0.491 e. The number of hydrogen-bond acceptors (Lipinski definition) is 10. The molecule has 1 aromatic heterocycles. The average Bonchev–Trinajstić information content (AvgIpc) is 3.51. The highest BCUT2D eigenvalue weighted by Crippen LogP contribution is 2.42. The highest BCUT2D eigenvalue weighted by atomic mass is 35.5. The number of nitrogens with one attached hydrogen (secondary N) is 1. The van der Waals surface area contributed by atoms with Crippen molar-refractivity contribution in [1.29, 1.82) is 0 Å². The minimum Gasteiger partial charge on any atom is -0.491 e. The minimum absolute atomic E-state index is 0.0220. The molecule has 13 nitrogen and oxygen atoms in total. The van der Waals surface area contributed by atoms with E-state index in [1.165, 1.54) is 23.6 Å². The van der Waals surface area contributed by atoms with Crippen LogP contribution in [0.2, 0.25) is 5.02 Å². The molecule has 1 aliphatic carbocycles. The lowest BCUT2D eigenvalue weighted by atomic mass is 9.70. The molecule has 290 valence electrons. The predicted octanol–water partition coefficient (Wildman–Crippen LogP) is 5.59. The van der Waals surface area contributed by atoms with Gasteiger partial charge in [-0.15, -0.1) is 9.46 Å². The second-order valence-electron chi connectivity index (χ2n) is 14.2. The van der Waals surface area contributed by atoms with Gasteiger partial charge in [0.1, 0.15) is 34.1 Å². The maximum absolute atomic E-state index is 14.8. The number of fused-ring (bicyclic) bond motifs is 3. The van der Waals surface area contributed by atoms with Crippen molar-refractivity contribution >= 4 is 45.3 Å². The number of ether oxygens (including phenoxy) is 4. The highest BCUT2D eigenvalue weighted by molar-refractivity contribution is 7.92. The van der Waals surface area contributed by atoms with E-state index < -0.39 is 33.8 Å². The van der Waals surface area contributed by atoms with Crippen LogP contribution >= 0.6 is 11.6 Å². The number of anilines is 1. The number of amides is 2. The Morgan fingerprint density at radius 2 is 1.93 bits per heavy atom. The van der Waals surface area contributed by atoms with Gasteiger partial charge in [0.2, 0.25) is 5.88 Å². The van der Waals surface area contributed by atoms with Crippen LogP contribution < -0.4 is 19.1 Å². The number of aromatic nitrogens is 2. The number of aryl methyl sites for hydroxylation is 2. The molecule has 0 spiro atoms. The normalized spacial score (nSPS) is 26.7. The summed E-state index contributed by atoms with van der Waals surface area (Å²) in [6.07, 6.45) is 9.38. The first-order valence-corrected chi connectivity index (χ1v) is 20.3. The number of carbonyl (C=O) groups excluding carboxylic acids is 3. The van der Waals surface area contributed by atoms with Crippen LogP contribution in [0.5, 0.6) is 11.6 Å². The van der Waals surface area contributed by atoms with Crippen molar-refractivity contribution in [2.45, 2.75) is 57.8 Å². The molecule has 2 aromatic carbocycles. The molecular formula is C39H48ClN5O8S. The predicted molar refractivity (Wildman–Crippen MR) is 205 cm³/mol. The van der Waals surface area contributed by atoms with Crippen LogP contribution in [0, 0.1) is 17.8 Å². The van der Waals surface area contributed by atoms with Gasteiger partial charge in [-0.3, -0.25) is 19.0 Å². The SMILES string of the molecule is COc1nn(C)cc1C(=O)NS1(=O)=NC(=O)c2ccc3c(c2)N(Cc2ccc(Cl)cc2CCCCO3)C[C@@H]2CC[C@H]2[C@@H](OC)/C=C/[C@H](OCC=O)[C@H](C)C1. The lowest BCUT2D eigenvalue weighted by Gasteiger charge is -2.43. The summed E-state index contributed by atoms with van der Waals surface area (Å²) in [5.41, 5.74) is 3.22. The standard InChI is InChI=1S/C39H48ClN5O8S/c1-25-24-54(49,43-38(48)32-23-44(2)41-39(32)51-4)42-37(47)27-10-13-36-33(20-27)45(21-28-8-11-30(40)19-26(28)7-5-6-17-52-36)22-29-9-12-31(29)35(50-3)15-14-34(25)53-18-16-46/h8,10-11,13-16,19-20,23,25,29,31,34-35H,5-7,9,12,17-18,21-22,24H2,1-4H3,(H,42,43,47,48,49)/b15-14+/t25-,29+,31-,34+,35+,54?/m1/s1. The van der Waals surface area contributed by atoms with Crippen molar-refractivity contribution in [1.82, 2.24) is 14.5 Å². The summed E-state index contributed by atoms with van der Waals surface area (Å²) in [4.78, 5) is 41.5. The molecule has 3 heterocycles. The zero-order valence-corrected chi connectivity index (χ0v) is 32.6. The van der Waals surface area contributed by atoms with Gasteiger partial charge in [-0.05, 0) is 85.4 Å². The van der Waals surface area contributed by atoms with Crippen molar-refractivity contribution in [3.63, 3.8) is 0 Å². The molecule has 3 aliphatic rings. The van der Waals surface area contributed by atoms with Gasteiger partial charge >= 0.3 is 0 Å². The maximum Gasteiger partial charge on any atom is 0.286 e. The molecule has 3 aromatic rings. The summed E-state index contributed by atoms with van der Waals surface area (Å²) in [7, 11) is 0.837. The van der Waals surface area contributed by atoms with Gasteiger partial charge in [-0.2, -0.15) is 0 Å². The van der Waals surface area contributed by atoms with Crippen molar-refractivity contribution in [2.75, 3.05) is 44.6 Å². The monoisotopic (exact) mass is 781 g/mol. The summed E-state index contributed by atoms with van der Waals surface area (Å²) in [6.45, 7) is 3.23. The summed E-state index contributed by atoms with van der Waals surface area (Å²) >= 11 is 6.47. The van der Waals surface area contributed by atoms with E-state index >= 15 is 0 Å². The molecule has 15 heteroatoms. The molecule has 0 radical (unpaired) electrons. The minimum atomic E-state index is -3.83. The molecule has 54 heavy (non-hydrogen) atoms. The van der Waals surface area contributed by atoms with Crippen LogP contribution in [-0.4, -0.2) is 84.0 Å². The quantitative estimate of drug-likeness (QED) is 0.238. The summed E-state index contributed by atoms with van der Waals surface area (Å²) in [5, 5.41) is 4.82. The van der Waals surface area contributed by atoms with E-state index in [1.54, 1.807) is 39.3 Å². The van der Waals surface area contributed by atoms with Crippen molar-refractivity contribution in [3.8, 4) is 11.6 Å². The number of hydrogen-bond donors (Lipinski definition) is 1. The van der Waals surface area contributed by atoms with Gasteiger partial charge < -0.3 is 28.6 Å². The summed E-state index contributed by atoms with van der Waals surface area (Å²) in [5.74, 6) is -1.33. The third-order valence-corrected chi connectivity index (χ3v) is 12.6. The van der Waals surface area contributed by atoms with Gasteiger partial charge in [-0.1, -0.05) is 36.7 Å². The highest BCUT2D eigenvalue weighted by Gasteiger charge is 2.38. The van der Waals surface area contributed by atoms with E-state index in [4.69, 9.17) is 30.5 Å². The first-order chi connectivity index (χ1) is 26.0. The van der Waals surface area contributed by atoms with Gasteiger partial charge in [0.25, 0.3) is 11.8 Å². The molecule has 6 rings (SSSR count). The Morgan fingerprint density at radius 1 is 1.11 bits per heavy atom. The molecule has 1 unspecified atom stereocenters. The van der Waals surface area contributed by atoms with E-state index in [0.717, 1.165) is 37.7 Å². The number of carbonyl (C=O) groups is 3. The maximum atomic E-state index is 14.8. The number of aldehydes is 1. The number of halogens is 1. The van der Waals surface area contributed by atoms with Gasteiger partial charge in [0.15, 0.2) is 0 Å². The van der Waals surface area contributed by atoms with Crippen LogP contribution in [0.3, 0.4) is 0 Å². The van der Waals surface area contributed by atoms with Crippen LogP contribution in [0.25, 0.3) is 0 Å². The van der Waals surface area contributed by atoms with E-state index in [9.17, 15) is 18.6 Å². The van der Waals surface area contributed by atoms with Crippen molar-refractivity contribution in [3.05, 3.63) is 82.0 Å². The second kappa shape index (κ2) is 17.5.